The van der Waals surface area contributed by atoms with E-state index < -0.39 is 5.79 Å². The standard InChI is InChI=1S/C19H26O4/c1-13-15-9-21-7-5-3-4-6-19(20-2)8-14(15)18(12-23-19)17-11-22-10-16(13)17/h3-12H2,1-2H3. The first-order valence-electron chi connectivity index (χ1n) is 8.73. The number of benzene rings is 1. The monoisotopic (exact) mass is 318 g/mol. The highest BCUT2D eigenvalue weighted by Crippen LogP contribution is 2.41. The van der Waals surface area contributed by atoms with Crippen molar-refractivity contribution in [1.82, 2.24) is 0 Å². The molecule has 0 spiro atoms. The molecule has 1 atom stereocenters. The molecule has 0 aromatic heterocycles. The molecule has 0 fully saturated rings. The van der Waals surface area contributed by atoms with Crippen LogP contribution in [-0.2, 0) is 51.8 Å². The van der Waals surface area contributed by atoms with Crippen molar-refractivity contribution >= 4 is 0 Å². The van der Waals surface area contributed by atoms with Crippen LogP contribution in [0.15, 0.2) is 0 Å². The van der Waals surface area contributed by atoms with E-state index in [1.54, 1.807) is 7.11 Å². The van der Waals surface area contributed by atoms with Gasteiger partial charge in [-0.3, -0.25) is 0 Å². The molecule has 3 aliphatic heterocycles. The summed E-state index contributed by atoms with van der Waals surface area (Å²) >= 11 is 0. The van der Waals surface area contributed by atoms with E-state index in [1.807, 2.05) is 0 Å². The molecule has 3 aliphatic rings. The van der Waals surface area contributed by atoms with Crippen molar-refractivity contribution < 1.29 is 18.9 Å². The van der Waals surface area contributed by atoms with Gasteiger partial charge in [0.1, 0.15) is 0 Å². The first-order chi connectivity index (χ1) is 11.2. The van der Waals surface area contributed by atoms with Crippen LogP contribution in [-0.4, -0.2) is 19.5 Å². The van der Waals surface area contributed by atoms with Crippen LogP contribution in [0.1, 0.15) is 59.1 Å². The minimum atomic E-state index is -0.466. The van der Waals surface area contributed by atoms with E-state index in [1.165, 1.54) is 39.8 Å². The molecule has 4 nitrogen and oxygen atoms in total. The summed E-state index contributed by atoms with van der Waals surface area (Å²) < 4.78 is 23.8. The molecular formula is C19H26O4. The zero-order valence-corrected chi connectivity index (χ0v) is 14.2. The highest BCUT2D eigenvalue weighted by atomic mass is 16.7. The summed E-state index contributed by atoms with van der Waals surface area (Å²) in [6.45, 7) is 5.81. The minimum Gasteiger partial charge on any atom is -0.377 e. The Balaban J connectivity index is 1.84. The van der Waals surface area contributed by atoms with Gasteiger partial charge < -0.3 is 18.9 Å². The Labute approximate surface area is 138 Å². The third kappa shape index (κ3) is 2.62. The SMILES string of the molecule is COC12CCCCCOCc3c(C)c4c(c(c3C1)CO2)COC4. The van der Waals surface area contributed by atoms with Crippen molar-refractivity contribution in [3.05, 3.63) is 33.4 Å². The fourth-order valence-electron chi connectivity index (χ4n) is 4.26. The lowest BCUT2D eigenvalue weighted by molar-refractivity contribution is -0.240. The van der Waals surface area contributed by atoms with Crippen molar-refractivity contribution in [2.24, 2.45) is 0 Å². The Morgan fingerprint density at radius 1 is 0.826 bits per heavy atom. The van der Waals surface area contributed by atoms with Crippen LogP contribution in [0.3, 0.4) is 0 Å². The molecule has 0 aliphatic carbocycles. The van der Waals surface area contributed by atoms with E-state index >= 15 is 0 Å². The maximum atomic E-state index is 6.25. The van der Waals surface area contributed by atoms with Gasteiger partial charge >= 0.3 is 0 Å². The summed E-state index contributed by atoms with van der Waals surface area (Å²) in [4.78, 5) is 0. The Bertz CT molecular complexity index is 610. The third-order valence-corrected chi connectivity index (χ3v) is 5.75. The van der Waals surface area contributed by atoms with E-state index in [9.17, 15) is 0 Å². The van der Waals surface area contributed by atoms with Gasteiger partial charge in [-0.05, 0) is 53.1 Å². The second-order valence-electron chi connectivity index (χ2n) is 6.95. The summed E-state index contributed by atoms with van der Waals surface area (Å²) in [5.41, 5.74) is 8.11. The van der Waals surface area contributed by atoms with Gasteiger partial charge in [0.2, 0.25) is 0 Å². The Morgan fingerprint density at radius 2 is 1.57 bits per heavy atom. The molecule has 1 aromatic rings. The lowest BCUT2D eigenvalue weighted by Gasteiger charge is -2.39. The van der Waals surface area contributed by atoms with E-state index in [4.69, 9.17) is 18.9 Å². The first-order valence-corrected chi connectivity index (χ1v) is 8.73. The zero-order chi connectivity index (χ0) is 15.9. The molecule has 1 unspecified atom stereocenters. The van der Waals surface area contributed by atoms with Crippen molar-refractivity contribution in [2.45, 2.75) is 71.2 Å². The maximum absolute atomic E-state index is 6.25. The second-order valence-corrected chi connectivity index (χ2v) is 6.95. The predicted octanol–water partition coefficient (Wildman–Crippen LogP) is 3.53. The molecule has 0 amide bonds. The highest BCUT2D eigenvalue weighted by Gasteiger charge is 2.39. The molecule has 4 rings (SSSR count). The molecule has 3 heterocycles. The van der Waals surface area contributed by atoms with E-state index in [0.717, 1.165) is 38.9 Å². The minimum absolute atomic E-state index is 0.466. The Hall–Kier alpha value is -0.940. The van der Waals surface area contributed by atoms with Gasteiger partial charge in [0.05, 0.1) is 26.4 Å². The maximum Gasteiger partial charge on any atom is 0.172 e. The van der Waals surface area contributed by atoms with Crippen LogP contribution in [0.2, 0.25) is 0 Å². The zero-order valence-electron chi connectivity index (χ0n) is 14.2. The molecule has 2 bridgehead atoms. The smallest absolute Gasteiger partial charge is 0.172 e. The molecule has 0 N–H and O–H groups in total. The summed E-state index contributed by atoms with van der Waals surface area (Å²) in [5.74, 6) is -0.466. The van der Waals surface area contributed by atoms with Gasteiger partial charge in [-0.25, -0.2) is 0 Å². The lowest BCUT2D eigenvalue weighted by atomic mass is 9.83. The fraction of sp³-hybridized carbons (Fsp3) is 0.684. The van der Waals surface area contributed by atoms with Gasteiger partial charge in [0.25, 0.3) is 0 Å². The fourth-order valence-corrected chi connectivity index (χ4v) is 4.26. The molecular weight excluding hydrogens is 292 g/mol. The number of methoxy groups -OCH3 is 1. The van der Waals surface area contributed by atoms with E-state index in [0.29, 0.717) is 19.8 Å². The Morgan fingerprint density at radius 3 is 2.43 bits per heavy atom. The number of fused-ring (bicyclic) bond motifs is 3. The number of hydrogen-bond acceptors (Lipinski definition) is 4. The van der Waals surface area contributed by atoms with E-state index in [2.05, 4.69) is 6.92 Å². The average Bonchev–Trinajstić information content (AvgIpc) is 3.05. The van der Waals surface area contributed by atoms with Gasteiger partial charge in [-0.15, -0.1) is 0 Å². The van der Waals surface area contributed by atoms with Crippen LogP contribution in [0, 0.1) is 6.92 Å². The summed E-state index contributed by atoms with van der Waals surface area (Å²) in [7, 11) is 1.78. The summed E-state index contributed by atoms with van der Waals surface area (Å²) in [6, 6.07) is 0. The van der Waals surface area contributed by atoms with Crippen LogP contribution < -0.4 is 0 Å². The quantitative estimate of drug-likeness (QED) is 0.794. The van der Waals surface area contributed by atoms with Crippen molar-refractivity contribution in [1.29, 1.82) is 0 Å². The molecule has 4 heteroatoms. The first kappa shape index (κ1) is 15.6. The van der Waals surface area contributed by atoms with Gasteiger partial charge in [-0.1, -0.05) is 6.42 Å². The summed E-state index contributed by atoms with van der Waals surface area (Å²) in [6.07, 6.45) is 5.17. The van der Waals surface area contributed by atoms with Gasteiger partial charge in [0, 0.05) is 26.6 Å². The summed E-state index contributed by atoms with van der Waals surface area (Å²) in [5, 5.41) is 0. The second kappa shape index (κ2) is 6.17. The van der Waals surface area contributed by atoms with Gasteiger partial charge in [-0.2, -0.15) is 0 Å². The third-order valence-electron chi connectivity index (χ3n) is 5.75. The van der Waals surface area contributed by atoms with Crippen LogP contribution in [0.5, 0.6) is 0 Å². The van der Waals surface area contributed by atoms with Crippen molar-refractivity contribution in [2.75, 3.05) is 13.7 Å². The number of ether oxygens (including phenoxy) is 4. The van der Waals surface area contributed by atoms with Crippen LogP contribution in [0.4, 0.5) is 0 Å². The topological polar surface area (TPSA) is 36.9 Å². The van der Waals surface area contributed by atoms with Crippen LogP contribution in [0.25, 0.3) is 0 Å². The predicted molar refractivity (Wildman–Crippen MR) is 86.0 cm³/mol. The number of hydrogen-bond donors (Lipinski definition) is 0. The van der Waals surface area contributed by atoms with Crippen LogP contribution >= 0.6 is 0 Å². The van der Waals surface area contributed by atoms with Gasteiger partial charge in [0.15, 0.2) is 5.79 Å². The highest BCUT2D eigenvalue weighted by molar-refractivity contribution is 5.53. The lowest BCUT2D eigenvalue weighted by Crippen LogP contribution is -2.41. The molecule has 0 saturated carbocycles. The molecule has 0 radical (unpaired) electrons. The molecule has 23 heavy (non-hydrogen) atoms. The normalized spacial score (nSPS) is 27.4. The van der Waals surface area contributed by atoms with Crippen molar-refractivity contribution in [3.63, 3.8) is 0 Å². The van der Waals surface area contributed by atoms with E-state index in [-0.39, 0.29) is 0 Å². The molecule has 1 aromatic carbocycles. The molecule has 126 valence electrons. The Kier molecular flexibility index (Phi) is 4.18. The number of rotatable bonds is 1. The average molecular weight is 318 g/mol. The largest absolute Gasteiger partial charge is 0.377 e. The van der Waals surface area contributed by atoms with Crippen molar-refractivity contribution in [3.8, 4) is 0 Å². The molecule has 0 saturated heterocycles.